The molecule has 0 amide bonds. The topological polar surface area (TPSA) is 50.1 Å². The van der Waals surface area contributed by atoms with Gasteiger partial charge in [-0.2, -0.15) is 5.10 Å². The van der Waals surface area contributed by atoms with E-state index in [1.165, 1.54) is 16.8 Å². The maximum Gasteiger partial charge on any atom is 0.163 e. The molecule has 24 heavy (non-hydrogen) atoms. The number of benzene rings is 1. The van der Waals surface area contributed by atoms with Crippen LogP contribution in [0.15, 0.2) is 30.7 Å². The Hall–Kier alpha value is -2.63. The molecule has 4 rings (SSSR count). The third kappa shape index (κ3) is 2.48. The lowest BCUT2D eigenvalue weighted by Gasteiger charge is -2.37. The average Bonchev–Trinajstić information content (AvgIpc) is 2.99. The highest BCUT2D eigenvalue weighted by Gasteiger charge is 2.21. The van der Waals surface area contributed by atoms with Gasteiger partial charge in [-0.15, -0.1) is 0 Å². The molecule has 0 radical (unpaired) electrons. The normalized spacial score (nSPS) is 15.3. The first-order valence-electron chi connectivity index (χ1n) is 8.33. The van der Waals surface area contributed by atoms with Crippen LogP contribution in [-0.4, -0.2) is 45.9 Å². The zero-order valence-electron chi connectivity index (χ0n) is 14.4. The Balaban J connectivity index is 1.56. The Kier molecular flexibility index (Phi) is 3.59. The molecule has 2 aromatic heterocycles. The van der Waals surface area contributed by atoms with E-state index in [0.29, 0.717) is 0 Å². The summed E-state index contributed by atoms with van der Waals surface area (Å²) in [5, 5.41) is 5.34. The van der Waals surface area contributed by atoms with Gasteiger partial charge in [0, 0.05) is 38.9 Å². The second kappa shape index (κ2) is 5.78. The van der Waals surface area contributed by atoms with Crippen LogP contribution in [0.2, 0.25) is 0 Å². The molecule has 6 nitrogen and oxygen atoms in total. The molecular weight excluding hydrogens is 300 g/mol. The molecule has 6 heteroatoms. The van der Waals surface area contributed by atoms with Crippen molar-refractivity contribution < 1.29 is 0 Å². The van der Waals surface area contributed by atoms with Crippen LogP contribution in [0.4, 0.5) is 11.5 Å². The Bertz CT molecular complexity index is 876. The monoisotopic (exact) mass is 322 g/mol. The first-order valence-corrected chi connectivity index (χ1v) is 8.33. The number of rotatable bonds is 2. The maximum absolute atomic E-state index is 4.52. The third-order valence-corrected chi connectivity index (χ3v) is 4.79. The van der Waals surface area contributed by atoms with Crippen molar-refractivity contribution in [2.24, 2.45) is 7.05 Å². The smallest absolute Gasteiger partial charge is 0.163 e. The van der Waals surface area contributed by atoms with Crippen molar-refractivity contribution in [3.8, 4) is 0 Å². The molecule has 0 atom stereocenters. The summed E-state index contributed by atoms with van der Waals surface area (Å²) in [6, 6.07) is 6.67. The van der Waals surface area contributed by atoms with E-state index in [0.717, 1.165) is 43.0 Å². The van der Waals surface area contributed by atoms with Crippen LogP contribution in [0.25, 0.3) is 11.0 Å². The van der Waals surface area contributed by atoms with E-state index in [1.807, 2.05) is 13.2 Å². The minimum absolute atomic E-state index is 0.886. The summed E-state index contributed by atoms with van der Waals surface area (Å²) in [7, 11) is 1.91. The third-order valence-electron chi connectivity index (χ3n) is 4.79. The fraction of sp³-hybridized carbons (Fsp3) is 0.389. The highest BCUT2D eigenvalue weighted by Crippen LogP contribution is 2.26. The Morgan fingerprint density at radius 2 is 1.71 bits per heavy atom. The molecule has 0 unspecified atom stereocenters. The molecule has 0 saturated carbocycles. The Labute approximate surface area is 141 Å². The SMILES string of the molecule is Cc1ccc(C)c(N2CCN(c3ncnc4c3cnn4C)CC2)c1. The predicted octanol–water partition coefficient (Wildman–Crippen LogP) is 2.31. The minimum atomic E-state index is 0.886. The van der Waals surface area contributed by atoms with Gasteiger partial charge in [0.05, 0.1) is 11.6 Å². The summed E-state index contributed by atoms with van der Waals surface area (Å²) in [5.41, 5.74) is 4.89. The van der Waals surface area contributed by atoms with E-state index < -0.39 is 0 Å². The molecular formula is C18H22N6. The average molecular weight is 322 g/mol. The fourth-order valence-corrected chi connectivity index (χ4v) is 3.42. The van der Waals surface area contributed by atoms with Gasteiger partial charge >= 0.3 is 0 Å². The molecule has 1 aromatic carbocycles. The molecule has 0 bridgehead atoms. The molecule has 1 aliphatic heterocycles. The second-order valence-corrected chi connectivity index (χ2v) is 6.47. The van der Waals surface area contributed by atoms with Crippen molar-refractivity contribution in [3.05, 3.63) is 41.9 Å². The van der Waals surface area contributed by atoms with Crippen LogP contribution >= 0.6 is 0 Å². The van der Waals surface area contributed by atoms with Crippen LogP contribution < -0.4 is 9.80 Å². The minimum Gasteiger partial charge on any atom is -0.368 e. The first-order chi connectivity index (χ1) is 11.6. The van der Waals surface area contributed by atoms with Crippen LogP contribution in [0.5, 0.6) is 0 Å². The fourth-order valence-electron chi connectivity index (χ4n) is 3.42. The highest BCUT2D eigenvalue weighted by molar-refractivity contribution is 5.86. The number of hydrogen-bond donors (Lipinski definition) is 0. The van der Waals surface area contributed by atoms with Gasteiger partial charge in [-0.05, 0) is 31.0 Å². The van der Waals surface area contributed by atoms with Gasteiger partial charge in [0.1, 0.15) is 12.1 Å². The van der Waals surface area contributed by atoms with Crippen LogP contribution in [0.3, 0.4) is 0 Å². The quantitative estimate of drug-likeness (QED) is 0.725. The standard InChI is InChI=1S/C18H22N6/c1-13-4-5-14(2)16(10-13)23-6-8-24(9-7-23)18-15-11-21-22(3)17(15)19-12-20-18/h4-5,10-12H,6-9H2,1-3H3. The first kappa shape index (κ1) is 14.9. The zero-order chi connectivity index (χ0) is 16.7. The van der Waals surface area contributed by atoms with Crippen molar-refractivity contribution >= 4 is 22.5 Å². The highest BCUT2D eigenvalue weighted by atomic mass is 15.3. The Morgan fingerprint density at radius 1 is 0.958 bits per heavy atom. The van der Waals surface area contributed by atoms with Gasteiger partial charge in [-0.1, -0.05) is 12.1 Å². The summed E-state index contributed by atoms with van der Waals surface area (Å²) in [6.45, 7) is 8.23. The number of fused-ring (bicyclic) bond motifs is 1. The second-order valence-electron chi connectivity index (χ2n) is 6.47. The predicted molar refractivity (Wildman–Crippen MR) is 96.6 cm³/mol. The lowest BCUT2D eigenvalue weighted by molar-refractivity contribution is 0.647. The summed E-state index contributed by atoms with van der Waals surface area (Å²) in [5.74, 6) is 0.994. The number of aryl methyl sites for hydroxylation is 3. The van der Waals surface area contributed by atoms with Crippen LogP contribution in [0.1, 0.15) is 11.1 Å². The molecule has 1 fully saturated rings. The van der Waals surface area contributed by atoms with E-state index in [1.54, 1.807) is 11.0 Å². The molecule has 1 saturated heterocycles. The van der Waals surface area contributed by atoms with Crippen molar-refractivity contribution in [1.82, 2.24) is 19.7 Å². The molecule has 124 valence electrons. The van der Waals surface area contributed by atoms with E-state index in [4.69, 9.17) is 0 Å². The van der Waals surface area contributed by atoms with E-state index >= 15 is 0 Å². The molecule has 3 heterocycles. The van der Waals surface area contributed by atoms with E-state index in [9.17, 15) is 0 Å². The van der Waals surface area contributed by atoms with Gasteiger partial charge in [0.15, 0.2) is 5.65 Å². The number of aromatic nitrogens is 4. The summed E-state index contributed by atoms with van der Waals surface area (Å²) < 4.78 is 1.80. The van der Waals surface area contributed by atoms with Crippen LogP contribution in [-0.2, 0) is 7.05 Å². The van der Waals surface area contributed by atoms with Gasteiger partial charge < -0.3 is 9.80 Å². The summed E-state index contributed by atoms with van der Waals surface area (Å²) in [6.07, 6.45) is 3.50. The molecule has 1 aliphatic rings. The van der Waals surface area contributed by atoms with Crippen molar-refractivity contribution in [2.45, 2.75) is 13.8 Å². The molecule has 0 aliphatic carbocycles. The zero-order valence-corrected chi connectivity index (χ0v) is 14.4. The number of piperazine rings is 1. The Morgan fingerprint density at radius 3 is 2.50 bits per heavy atom. The van der Waals surface area contributed by atoms with E-state index in [2.05, 4.69) is 56.9 Å². The van der Waals surface area contributed by atoms with Gasteiger partial charge in [0.2, 0.25) is 0 Å². The van der Waals surface area contributed by atoms with E-state index in [-0.39, 0.29) is 0 Å². The largest absolute Gasteiger partial charge is 0.368 e. The summed E-state index contributed by atoms with van der Waals surface area (Å²) in [4.78, 5) is 13.7. The van der Waals surface area contributed by atoms with Gasteiger partial charge in [0.25, 0.3) is 0 Å². The van der Waals surface area contributed by atoms with Crippen molar-refractivity contribution in [3.63, 3.8) is 0 Å². The lowest BCUT2D eigenvalue weighted by atomic mass is 10.1. The van der Waals surface area contributed by atoms with Crippen molar-refractivity contribution in [1.29, 1.82) is 0 Å². The molecule has 3 aromatic rings. The van der Waals surface area contributed by atoms with Crippen molar-refractivity contribution in [2.75, 3.05) is 36.0 Å². The van der Waals surface area contributed by atoms with Gasteiger partial charge in [-0.3, -0.25) is 4.68 Å². The van der Waals surface area contributed by atoms with Crippen LogP contribution in [0, 0.1) is 13.8 Å². The maximum atomic E-state index is 4.52. The number of nitrogens with zero attached hydrogens (tertiary/aromatic N) is 6. The summed E-state index contributed by atoms with van der Waals surface area (Å²) >= 11 is 0. The molecule has 0 spiro atoms. The van der Waals surface area contributed by atoms with Gasteiger partial charge in [-0.25, -0.2) is 9.97 Å². The molecule has 0 N–H and O–H groups in total. The lowest BCUT2D eigenvalue weighted by Crippen LogP contribution is -2.47. The number of anilines is 2. The number of hydrogen-bond acceptors (Lipinski definition) is 5.